The summed E-state index contributed by atoms with van der Waals surface area (Å²) in [4.78, 5) is 12.5. The van der Waals surface area contributed by atoms with Gasteiger partial charge in [-0.1, -0.05) is 54.1 Å². The quantitative estimate of drug-likeness (QED) is 0.528. The third kappa shape index (κ3) is 2.69. The lowest BCUT2D eigenvalue weighted by Crippen LogP contribution is -2.24. The van der Waals surface area contributed by atoms with Crippen LogP contribution < -0.4 is 5.32 Å². The molecule has 4 aromatic rings. The molecule has 1 amide bonds. The van der Waals surface area contributed by atoms with Crippen molar-refractivity contribution in [1.29, 1.82) is 0 Å². The maximum Gasteiger partial charge on any atom is 0.226 e. The Morgan fingerprint density at radius 3 is 2.59 bits per heavy atom. The lowest BCUT2D eigenvalue weighted by Gasteiger charge is -2.25. The number of aromatic nitrogens is 2. The number of benzene rings is 3. The summed E-state index contributed by atoms with van der Waals surface area (Å²) in [6, 6.07) is 21.9. The van der Waals surface area contributed by atoms with Crippen LogP contribution in [0, 0.1) is 0 Å². The summed E-state index contributed by atoms with van der Waals surface area (Å²) < 4.78 is 1.76. The number of nitrogens with zero attached hydrogens (tertiary/aromatic N) is 2. The van der Waals surface area contributed by atoms with E-state index in [0.717, 1.165) is 22.6 Å². The molecular formula is C22H16ClN3O. The van der Waals surface area contributed by atoms with Crippen molar-refractivity contribution in [2.24, 2.45) is 0 Å². The molecule has 0 bridgehead atoms. The molecule has 1 aromatic heterocycles. The van der Waals surface area contributed by atoms with Crippen molar-refractivity contribution in [2.45, 2.75) is 12.3 Å². The van der Waals surface area contributed by atoms with Crippen LogP contribution in [0.25, 0.3) is 16.5 Å². The van der Waals surface area contributed by atoms with Crippen LogP contribution in [0.5, 0.6) is 0 Å². The van der Waals surface area contributed by atoms with E-state index >= 15 is 0 Å². The molecule has 0 aliphatic carbocycles. The van der Waals surface area contributed by atoms with Gasteiger partial charge in [0.2, 0.25) is 5.91 Å². The number of hydrogen-bond donors (Lipinski definition) is 1. The first-order valence-corrected chi connectivity index (χ1v) is 9.20. The standard InChI is InChI=1S/C22H16ClN3O/c23-15-8-10-16(11-9-15)26-22-20(13-24-26)19(12-21(27)25-22)18-7-3-5-14-4-1-2-6-17(14)18/h1-11,13,19H,12H2,(H,25,27)/t19-/m1/s1. The van der Waals surface area contributed by atoms with Crippen molar-refractivity contribution < 1.29 is 4.79 Å². The predicted octanol–water partition coefficient (Wildman–Crippen LogP) is 5.15. The molecule has 3 aromatic carbocycles. The summed E-state index contributed by atoms with van der Waals surface area (Å²) in [6.07, 6.45) is 2.27. The van der Waals surface area contributed by atoms with Gasteiger partial charge >= 0.3 is 0 Å². The fourth-order valence-electron chi connectivity index (χ4n) is 3.83. The molecule has 5 heteroatoms. The second-order valence-electron chi connectivity index (χ2n) is 6.71. The Labute approximate surface area is 161 Å². The van der Waals surface area contributed by atoms with Gasteiger partial charge in [-0.05, 0) is 40.6 Å². The Hall–Kier alpha value is -3.11. The molecule has 0 unspecified atom stereocenters. The highest BCUT2D eigenvalue weighted by Crippen LogP contribution is 2.40. The van der Waals surface area contributed by atoms with Gasteiger partial charge in [0, 0.05) is 22.9 Å². The summed E-state index contributed by atoms with van der Waals surface area (Å²) in [5.41, 5.74) is 3.04. The molecule has 0 spiro atoms. The first kappa shape index (κ1) is 16.1. The Bertz CT molecular complexity index is 1160. The van der Waals surface area contributed by atoms with Crippen LogP contribution in [0.4, 0.5) is 5.82 Å². The summed E-state index contributed by atoms with van der Waals surface area (Å²) in [5.74, 6) is 0.698. The molecule has 1 atom stereocenters. The summed E-state index contributed by atoms with van der Waals surface area (Å²) in [7, 11) is 0. The normalized spacial score (nSPS) is 16.2. The molecule has 1 N–H and O–H groups in total. The molecule has 4 nitrogen and oxygen atoms in total. The molecular weight excluding hydrogens is 358 g/mol. The minimum absolute atomic E-state index is 0.00357. The fourth-order valence-corrected chi connectivity index (χ4v) is 3.96. The van der Waals surface area contributed by atoms with E-state index in [4.69, 9.17) is 11.6 Å². The largest absolute Gasteiger partial charge is 0.310 e. The average molecular weight is 374 g/mol. The Morgan fingerprint density at radius 2 is 1.74 bits per heavy atom. The van der Waals surface area contributed by atoms with Gasteiger partial charge in [0.15, 0.2) is 0 Å². The highest BCUT2D eigenvalue weighted by Gasteiger charge is 2.31. The van der Waals surface area contributed by atoms with Crippen molar-refractivity contribution in [3.63, 3.8) is 0 Å². The minimum atomic E-state index is -0.0269. The van der Waals surface area contributed by atoms with Crippen LogP contribution >= 0.6 is 11.6 Å². The zero-order valence-corrected chi connectivity index (χ0v) is 15.1. The number of rotatable bonds is 2. The van der Waals surface area contributed by atoms with Crippen LogP contribution in [0.2, 0.25) is 5.02 Å². The van der Waals surface area contributed by atoms with Gasteiger partial charge in [0.1, 0.15) is 5.82 Å². The van der Waals surface area contributed by atoms with E-state index in [-0.39, 0.29) is 11.8 Å². The molecule has 0 saturated carbocycles. The average Bonchev–Trinajstić information content (AvgIpc) is 3.11. The third-order valence-corrected chi connectivity index (χ3v) is 5.34. The second-order valence-corrected chi connectivity index (χ2v) is 7.15. The van der Waals surface area contributed by atoms with E-state index in [1.54, 1.807) is 4.68 Å². The molecule has 27 heavy (non-hydrogen) atoms. The predicted molar refractivity (Wildman–Crippen MR) is 108 cm³/mol. The molecule has 0 fully saturated rings. The maximum absolute atomic E-state index is 12.5. The van der Waals surface area contributed by atoms with Gasteiger partial charge in [-0.3, -0.25) is 4.79 Å². The van der Waals surface area contributed by atoms with Crippen LogP contribution in [-0.4, -0.2) is 15.7 Å². The number of hydrogen-bond acceptors (Lipinski definition) is 2. The highest BCUT2D eigenvalue weighted by molar-refractivity contribution is 6.30. The number of nitrogens with one attached hydrogen (secondary N) is 1. The van der Waals surface area contributed by atoms with Crippen LogP contribution in [0.1, 0.15) is 23.5 Å². The molecule has 0 saturated heterocycles. The van der Waals surface area contributed by atoms with Crippen molar-refractivity contribution >= 4 is 34.1 Å². The van der Waals surface area contributed by atoms with Gasteiger partial charge in [-0.25, -0.2) is 4.68 Å². The molecule has 2 heterocycles. The highest BCUT2D eigenvalue weighted by atomic mass is 35.5. The molecule has 5 rings (SSSR count). The minimum Gasteiger partial charge on any atom is -0.310 e. The van der Waals surface area contributed by atoms with Crippen LogP contribution in [0.3, 0.4) is 0 Å². The lowest BCUT2D eigenvalue weighted by molar-refractivity contribution is -0.116. The van der Waals surface area contributed by atoms with Gasteiger partial charge in [-0.2, -0.15) is 5.10 Å². The van der Waals surface area contributed by atoms with Crippen molar-refractivity contribution in [3.05, 3.63) is 89.1 Å². The summed E-state index contributed by atoms with van der Waals surface area (Å²) in [5, 5.41) is 10.6. The number of carbonyl (C=O) groups excluding carboxylic acids is 1. The van der Waals surface area contributed by atoms with Crippen molar-refractivity contribution in [2.75, 3.05) is 5.32 Å². The molecule has 1 aliphatic heterocycles. The van der Waals surface area contributed by atoms with E-state index in [2.05, 4.69) is 34.7 Å². The van der Waals surface area contributed by atoms with E-state index in [0.29, 0.717) is 11.4 Å². The lowest BCUT2D eigenvalue weighted by atomic mass is 9.84. The van der Waals surface area contributed by atoms with Crippen LogP contribution in [-0.2, 0) is 4.79 Å². The number of fused-ring (bicyclic) bond motifs is 2. The first-order valence-electron chi connectivity index (χ1n) is 8.82. The molecule has 132 valence electrons. The van der Waals surface area contributed by atoms with Crippen molar-refractivity contribution in [1.82, 2.24) is 9.78 Å². The van der Waals surface area contributed by atoms with Gasteiger partial charge in [0.25, 0.3) is 0 Å². The Morgan fingerprint density at radius 1 is 0.963 bits per heavy atom. The van der Waals surface area contributed by atoms with E-state index in [9.17, 15) is 4.79 Å². The van der Waals surface area contributed by atoms with Gasteiger partial charge < -0.3 is 5.32 Å². The van der Waals surface area contributed by atoms with E-state index in [1.807, 2.05) is 48.7 Å². The zero-order valence-electron chi connectivity index (χ0n) is 14.4. The third-order valence-electron chi connectivity index (χ3n) is 5.09. The Balaban J connectivity index is 1.67. The van der Waals surface area contributed by atoms with E-state index < -0.39 is 0 Å². The van der Waals surface area contributed by atoms with E-state index in [1.165, 1.54) is 10.8 Å². The van der Waals surface area contributed by atoms with Gasteiger partial charge in [0.05, 0.1) is 11.9 Å². The van der Waals surface area contributed by atoms with Crippen LogP contribution in [0.15, 0.2) is 72.9 Å². The fraction of sp³-hybridized carbons (Fsp3) is 0.0909. The zero-order chi connectivity index (χ0) is 18.4. The number of amides is 1. The number of carbonyl (C=O) groups is 1. The number of anilines is 1. The summed E-state index contributed by atoms with van der Waals surface area (Å²) >= 11 is 6.00. The topological polar surface area (TPSA) is 46.9 Å². The summed E-state index contributed by atoms with van der Waals surface area (Å²) in [6.45, 7) is 0. The smallest absolute Gasteiger partial charge is 0.226 e. The maximum atomic E-state index is 12.5. The number of halogens is 1. The first-order chi connectivity index (χ1) is 13.2. The monoisotopic (exact) mass is 373 g/mol. The second kappa shape index (κ2) is 6.25. The Kier molecular flexibility index (Phi) is 3.73. The molecule has 0 radical (unpaired) electrons. The van der Waals surface area contributed by atoms with Gasteiger partial charge in [-0.15, -0.1) is 0 Å². The van der Waals surface area contributed by atoms with Crippen molar-refractivity contribution in [3.8, 4) is 5.69 Å². The molecule has 1 aliphatic rings. The SMILES string of the molecule is O=C1C[C@H](c2cccc3ccccc23)c2cnn(-c3ccc(Cl)cc3)c2N1.